The van der Waals surface area contributed by atoms with E-state index in [1.165, 1.54) is 11.1 Å². The van der Waals surface area contributed by atoms with E-state index in [2.05, 4.69) is 41.7 Å². The zero-order valence-corrected chi connectivity index (χ0v) is 14.8. The molecule has 2 aromatic carbocycles. The van der Waals surface area contributed by atoms with Crippen LogP contribution < -0.4 is 16.8 Å². The summed E-state index contributed by atoms with van der Waals surface area (Å²) >= 11 is 0. The van der Waals surface area contributed by atoms with Gasteiger partial charge in [-0.3, -0.25) is 10.1 Å². The van der Waals surface area contributed by atoms with Gasteiger partial charge in [-0.25, -0.2) is 0 Å². The third kappa shape index (κ3) is 5.64. The minimum Gasteiger partial charge on any atom is -0.368 e. The molecule has 0 bridgehead atoms. The lowest BCUT2D eigenvalue weighted by atomic mass is 10.0. The van der Waals surface area contributed by atoms with Crippen molar-refractivity contribution in [2.24, 2.45) is 11.5 Å². The summed E-state index contributed by atoms with van der Waals surface area (Å²) < 4.78 is 0. The van der Waals surface area contributed by atoms with E-state index < -0.39 is 0 Å². The van der Waals surface area contributed by atoms with Gasteiger partial charge in [-0.2, -0.15) is 0 Å². The fraction of sp³-hybridized carbons (Fsp3) is 0.316. The summed E-state index contributed by atoms with van der Waals surface area (Å²) in [4.78, 5) is 11.5. The molecule has 1 amide bonds. The highest BCUT2D eigenvalue weighted by atomic mass is 35.5. The Balaban J connectivity index is 0.00000288. The molecule has 4 nitrogen and oxygen atoms in total. The van der Waals surface area contributed by atoms with Crippen LogP contribution >= 0.6 is 12.4 Å². The van der Waals surface area contributed by atoms with Gasteiger partial charge < -0.3 is 11.5 Å². The summed E-state index contributed by atoms with van der Waals surface area (Å²) in [6.45, 7) is 2.60. The maximum Gasteiger partial charge on any atom is 0.234 e. The average Bonchev–Trinajstić information content (AvgIpc) is 2.59. The number of hydrogen-bond acceptors (Lipinski definition) is 3. The third-order valence-electron chi connectivity index (χ3n) is 4.01. The van der Waals surface area contributed by atoms with Crippen LogP contribution in [0.3, 0.4) is 0 Å². The molecule has 24 heavy (non-hydrogen) atoms. The quantitative estimate of drug-likeness (QED) is 0.686. The number of carbonyl (C=O) groups excluding carboxylic acids is 1. The Labute approximate surface area is 150 Å². The third-order valence-corrected chi connectivity index (χ3v) is 4.01. The number of primary amides is 1. The van der Waals surface area contributed by atoms with E-state index in [0.717, 1.165) is 12.0 Å². The van der Waals surface area contributed by atoms with Crippen LogP contribution in [-0.4, -0.2) is 18.5 Å². The van der Waals surface area contributed by atoms with Crippen LogP contribution in [0.4, 0.5) is 0 Å². The summed E-state index contributed by atoms with van der Waals surface area (Å²) in [7, 11) is 0. The molecule has 0 aliphatic carbocycles. The molecule has 0 heterocycles. The standard InChI is InChI=1S/C19H25N3O.ClH/c1-14(22-18(19(21)23)8-5-13-20)15-9-11-17(12-10-15)16-6-3-2-4-7-16;/h2-4,6-7,9-12,14,18,22H,5,8,13,20H2,1H3,(H2,21,23);1H/t14?,18-;/m0./s1. The zero-order valence-electron chi connectivity index (χ0n) is 13.9. The van der Waals surface area contributed by atoms with Crippen LogP contribution in [0.2, 0.25) is 0 Å². The van der Waals surface area contributed by atoms with Crippen molar-refractivity contribution in [3.8, 4) is 11.1 Å². The van der Waals surface area contributed by atoms with Crippen molar-refractivity contribution in [2.45, 2.75) is 31.8 Å². The van der Waals surface area contributed by atoms with E-state index in [9.17, 15) is 4.79 Å². The van der Waals surface area contributed by atoms with E-state index in [4.69, 9.17) is 11.5 Å². The van der Waals surface area contributed by atoms with E-state index in [0.29, 0.717) is 13.0 Å². The molecular weight excluding hydrogens is 322 g/mol. The summed E-state index contributed by atoms with van der Waals surface area (Å²) in [5, 5.41) is 3.30. The van der Waals surface area contributed by atoms with Crippen LogP contribution in [0.5, 0.6) is 0 Å². The number of carbonyl (C=O) groups is 1. The summed E-state index contributed by atoms with van der Waals surface area (Å²) in [6.07, 6.45) is 1.44. The number of halogens is 1. The van der Waals surface area contributed by atoms with E-state index in [1.807, 2.05) is 25.1 Å². The highest BCUT2D eigenvalue weighted by Gasteiger charge is 2.17. The second-order valence-corrected chi connectivity index (χ2v) is 5.76. The molecule has 2 aromatic rings. The lowest BCUT2D eigenvalue weighted by Gasteiger charge is -2.21. The molecule has 0 spiro atoms. The van der Waals surface area contributed by atoms with Gasteiger partial charge in [-0.05, 0) is 43.0 Å². The Morgan fingerprint density at radius 2 is 1.62 bits per heavy atom. The van der Waals surface area contributed by atoms with Crippen molar-refractivity contribution in [3.63, 3.8) is 0 Å². The topological polar surface area (TPSA) is 81.1 Å². The Morgan fingerprint density at radius 3 is 2.17 bits per heavy atom. The van der Waals surface area contributed by atoms with E-state index >= 15 is 0 Å². The van der Waals surface area contributed by atoms with Gasteiger partial charge in [-0.1, -0.05) is 54.6 Å². The molecule has 2 atom stereocenters. The Kier molecular flexibility index (Phi) is 8.47. The first-order valence-electron chi connectivity index (χ1n) is 8.02. The first kappa shape index (κ1) is 20.2. The number of benzene rings is 2. The van der Waals surface area contributed by atoms with Crippen LogP contribution in [0.15, 0.2) is 54.6 Å². The van der Waals surface area contributed by atoms with E-state index in [1.54, 1.807) is 0 Å². The summed E-state index contributed by atoms with van der Waals surface area (Å²) in [5.74, 6) is -0.328. The van der Waals surface area contributed by atoms with Crippen molar-refractivity contribution in [1.82, 2.24) is 5.32 Å². The van der Waals surface area contributed by atoms with Crippen molar-refractivity contribution >= 4 is 18.3 Å². The maximum atomic E-state index is 11.5. The molecule has 5 N–H and O–H groups in total. The van der Waals surface area contributed by atoms with Crippen LogP contribution in [-0.2, 0) is 4.79 Å². The molecule has 0 aromatic heterocycles. The molecule has 0 radical (unpaired) electrons. The number of hydrogen-bond donors (Lipinski definition) is 3. The normalized spacial score (nSPS) is 12.9. The highest BCUT2D eigenvalue weighted by Crippen LogP contribution is 2.22. The molecule has 130 valence electrons. The summed E-state index contributed by atoms with van der Waals surface area (Å²) in [5.41, 5.74) is 14.5. The molecule has 0 fully saturated rings. The van der Waals surface area contributed by atoms with Gasteiger partial charge in [0.2, 0.25) is 5.91 Å². The fourth-order valence-corrected chi connectivity index (χ4v) is 2.62. The van der Waals surface area contributed by atoms with Crippen molar-refractivity contribution in [2.75, 3.05) is 6.54 Å². The molecule has 5 heteroatoms. The highest BCUT2D eigenvalue weighted by molar-refractivity contribution is 5.85. The monoisotopic (exact) mass is 347 g/mol. The van der Waals surface area contributed by atoms with Gasteiger partial charge in [0.25, 0.3) is 0 Å². The number of nitrogens with two attached hydrogens (primary N) is 2. The Morgan fingerprint density at radius 1 is 1.04 bits per heavy atom. The summed E-state index contributed by atoms with van der Waals surface area (Å²) in [6, 6.07) is 18.3. The molecule has 0 aliphatic heterocycles. The second-order valence-electron chi connectivity index (χ2n) is 5.76. The molecule has 0 aliphatic rings. The van der Waals surface area contributed by atoms with Gasteiger partial charge in [0.1, 0.15) is 0 Å². The predicted molar refractivity (Wildman–Crippen MR) is 102 cm³/mol. The molecule has 0 saturated carbocycles. The van der Waals surface area contributed by atoms with Crippen LogP contribution in [0, 0.1) is 0 Å². The molecule has 1 unspecified atom stereocenters. The van der Waals surface area contributed by atoms with Gasteiger partial charge in [0.05, 0.1) is 6.04 Å². The van der Waals surface area contributed by atoms with Gasteiger partial charge in [0, 0.05) is 6.04 Å². The number of nitrogens with one attached hydrogen (secondary N) is 1. The van der Waals surface area contributed by atoms with Crippen molar-refractivity contribution in [3.05, 3.63) is 60.2 Å². The van der Waals surface area contributed by atoms with Crippen LogP contribution in [0.25, 0.3) is 11.1 Å². The lowest BCUT2D eigenvalue weighted by molar-refractivity contribution is -0.120. The zero-order chi connectivity index (χ0) is 16.7. The Hall–Kier alpha value is -1.88. The SMILES string of the molecule is CC(N[C@@H](CCCN)C(N)=O)c1ccc(-c2ccccc2)cc1.Cl. The maximum absolute atomic E-state index is 11.5. The van der Waals surface area contributed by atoms with Gasteiger partial charge >= 0.3 is 0 Å². The second kappa shape index (κ2) is 10.1. The molecule has 2 rings (SSSR count). The minimum atomic E-state index is -0.345. The first-order valence-corrected chi connectivity index (χ1v) is 8.02. The largest absolute Gasteiger partial charge is 0.368 e. The molecule has 0 saturated heterocycles. The van der Waals surface area contributed by atoms with Gasteiger partial charge in [-0.15, -0.1) is 12.4 Å². The fourth-order valence-electron chi connectivity index (χ4n) is 2.62. The van der Waals surface area contributed by atoms with Gasteiger partial charge in [0.15, 0.2) is 0 Å². The van der Waals surface area contributed by atoms with Crippen molar-refractivity contribution in [1.29, 1.82) is 0 Å². The van der Waals surface area contributed by atoms with Crippen molar-refractivity contribution < 1.29 is 4.79 Å². The van der Waals surface area contributed by atoms with E-state index in [-0.39, 0.29) is 30.4 Å². The smallest absolute Gasteiger partial charge is 0.234 e. The Bertz CT molecular complexity index is 616. The number of amides is 1. The van der Waals surface area contributed by atoms with Crippen LogP contribution in [0.1, 0.15) is 31.4 Å². The first-order chi connectivity index (χ1) is 11.1. The number of rotatable bonds is 8. The average molecular weight is 348 g/mol. The molecular formula is C19H26ClN3O. The lowest BCUT2D eigenvalue weighted by Crippen LogP contribution is -2.42. The minimum absolute atomic E-state index is 0. The predicted octanol–water partition coefficient (Wildman–Crippen LogP) is 3.02.